The molecule has 2 rings (SSSR count). The van der Waals surface area contributed by atoms with Gasteiger partial charge in [-0.3, -0.25) is 14.4 Å². The number of rotatable bonds is 7. The van der Waals surface area contributed by atoms with Crippen LogP contribution in [0.1, 0.15) is 39.9 Å². The summed E-state index contributed by atoms with van der Waals surface area (Å²) in [7, 11) is 0. The molecule has 5 nitrogen and oxygen atoms in total. The Hall–Kier alpha value is -2.66. The topological polar surface area (TPSA) is 75.3 Å². The third kappa shape index (κ3) is 5.93. The largest absolute Gasteiger partial charge is 0.347 e. The smallest absolute Gasteiger partial charge is 0.243 e. The van der Waals surface area contributed by atoms with Crippen LogP contribution in [0.5, 0.6) is 0 Å². The number of anilines is 1. The van der Waals surface area contributed by atoms with E-state index in [1.807, 2.05) is 32.0 Å². The van der Waals surface area contributed by atoms with Gasteiger partial charge in [-0.25, -0.2) is 0 Å². The van der Waals surface area contributed by atoms with Crippen LogP contribution in [0.3, 0.4) is 0 Å². The average Bonchev–Trinajstić information content (AvgIpc) is 2.63. The lowest BCUT2D eigenvalue weighted by Gasteiger charge is -2.10. The fourth-order valence-corrected chi connectivity index (χ4v) is 2.78. The summed E-state index contributed by atoms with van der Waals surface area (Å²) in [4.78, 5) is 36.2. The molecule has 0 fully saturated rings. The molecule has 2 amide bonds. The Morgan fingerprint density at radius 1 is 0.963 bits per heavy atom. The van der Waals surface area contributed by atoms with Crippen LogP contribution in [0.4, 0.5) is 5.69 Å². The molecule has 0 bridgehead atoms. The summed E-state index contributed by atoms with van der Waals surface area (Å²) in [5, 5.41) is 5.80. The van der Waals surface area contributed by atoms with Gasteiger partial charge >= 0.3 is 0 Å². The van der Waals surface area contributed by atoms with Gasteiger partial charge in [0.2, 0.25) is 11.8 Å². The standard InChI is InChI=1S/C21H23ClN2O3/c1-13-7-8-14(2)16(11-13)19(25)9-10-20(26)23-12-21(27)24-18-6-4-5-17(22)15(18)3/h4-8,11H,9-10,12H2,1-3H3,(H,23,26)(H,24,27). The number of hydrogen-bond donors (Lipinski definition) is 2. The van der Waals surface area contributed by atoms with Crippen molar-refractivity contribution in [2.75, 3.05) is 11.9 Å². The molecular formula is C21H23ClN2O3. The van der Waals surface area contributed by atoms with Crippen LogP contribution in [-0.2, 0) is 9.59 Å². The van der Waals surface area contributed by atoms with Crippen molar-refractivity contribution < 1.29 is 14.4 Å². The second-order valence-electron chi connectivity index (χ2n) is 6.48. The van der Waals surface area contributed by atoms with Gasteiger partial charge in [-0.15, -0.1) is 0 Å². The first kappa shape index (κ1) is 20.6. The maximum absolute atomic E-state index is 12.3. The van der Waals surface area contributed by atoms with Gasteiger partial charge in [0.25, 0.3) is 0 Å². The number of halogens is 1. The summed E-state index contributed by atoms with van der Waals surface area (Å²) in [6, 6.07) is 10.9. The molecule has 0 saturated carbocycles. The molecule has 142 valence electrons. The Bertz CT molecular complexity index is 878. The number of ketones is 1. The molecular weight excluding hydrogens is 364 g/mol. The van der Waals surface area contributed by atoms with E-state index in [2.05, 4.69) is 10.6 Å². The minimum absolute atomic E-state index is 0.0374. The van der Waals surface area contributed by atoms with Crippen molar-refractivity contribution in [3.05, 3.63) is 63.7 Å². The molecule has 0 spiro atoms. The zero-order valence-electron chi connectivity index (χ0n) is 15.7. The van der Waals surface area contributed by atoms with Crippen LogP contribution in [0.15, 0.2) is 36.4 Å². The molecule has 0 aromatic heterocycles. The van der Waals surface area contributed by atoms with E-state index in [-0.39, 0.29) is 37.0 Å². The lowest BCUT2D eigenvalue weighted by molar-refractivity contribution is -0.124. The summed E-state index contributed by atoms with van der Waals surface area (Å²) >= 11 is 6.01. The van der Waals surface area contributed by atoms with Gasteiger partial charge in [0, 0.05) is 29.1 Å². The molecule has 6 heteroatoms. The predicted octanol–water partition coefficient (Wildman–Crippen LogP) is 3.98. The SMILES string of the molecule is Cc1ccc(C)c(C(=O)CCC(=O)NCC(=O)Nc2cccc(Cl)c2C)c1. The molecule has 2 aromatic carbocycles. The highest BCUT2D eigenvalue weighted by molar-refractivity contribution is 6.31. The second-order valence-corrected chi connectivity index (χ2v) is 6.89. The van der Waals surface area contributed by atoms with Crippen molar-refractivity contribution in [2.24, 2.45) is 0 Å². The Kier molecular flexibility index (Phi) is 7.13. The van der Waals surface area contributed by atoms with Gasteiger partial charge in [-0.1, -0.05) is 35.4 Å². The van der Waals surface area contributed by atoms with Crippen LogP contribution >= 0.6 is 11.6 Å². The lowest BCUT2D eigenvalue weighted by atomic mass is 9.99. The molecule has 27 heavy (non-hydrogen) atoms. The highest BCUT2D eigenvalue weighted by Gasteiger charge is 2.13. The van der Waals surface area contributed by atoms with Crippen LogP contribution in [0.25, 0.3) is 0 Å². The molecule has 2 aromatic rings. The summed E-state index contributed by atoms with van der Waals surface area (Å²) < 4.78 is 0. The maximum Gasteiger partial charge on any atom is 0.243 e. The number of aryl methyl sites for hydroxylation is 2. The van der Waals surface area contributed by atoms with E-state index in [1.54, 1.807) is 25.1 Å². The molecule has 0 heterocycles. The Balaban J connectivity index is 1.80. The predicted molar refractivity (Wildman–Crippen MR) is 107 cm³/mol. The summed E-state index contributed by atoms with van der Waals surface area (Å²) in [6.07, 6.45) is 0.140. The van der Waals surface area contributed by atoms with Gasteiger partial charge in [0.15, 0.2) is 5.78 Å². The number of Topliss-reactive ketones (excluding diaryl/α,β-unsaturated/α-hetero) is 1. The van der Waals surface area contributed by atoms with Crippen molar-refractivity contribution in [2.45, 2.75) is 33.6 Å². The average molecular weight is 387 g/mol. The van der Waals surface area contributed by atoms with Crippen LogP contribution in [-0.4, -0.2) is 24.1 Å². The first-order valence-corrected chi connectivity index (χ1v) is 9.08. The van der Waals surface area contributed by atoms with E-state index in [0.29, 0.717) is 16.3 Å². The minimum atomic E-state index is -0.352. The fraction of sp³-hybridized carbons (Fsp3) is 0.286. The minimum Gasteiger partial charge on any atom is -0.347 e. The number of amides is 2. The monoisotopic (exact) mass is 386 g/mol. The van der Waals surface area contributed by atoms with Crippen molar-refractivity contribution in [1.29, 1.82) is 0 Å². The normalized spacial score (nSPS) is 10.4. The van der Waals surface area contributed by atoms with Crippen molar-refractivity contribution in [1.82, 2.24) is 5.32 Å². The maximum atomic E-state index is 12.3. The summed E-state index contributed by atoms with van der Waals surface area (Å²) in [5.41, 5.74) is 3.89. The Labute approximate surface area is 164 Å². The molecule has 0 radical (unpaired) electrons. The number of carbonyl (C=O) groups excluding carboxylic acids is 3. The lowest BCUT2D eigenvalue weighted by Crippen LogP contribution is -2.33. The fourth-order valence-electron chi connectivity index (χ4n) is 2.60. The third-order valence-corrected chi connectivity index (χ3v) is 4.67. The van der Waals surface area contributed by atoms with Crippen LogP contribution in [0, 0.1) is 20.8 Å². The van der Waals surface area contributed by atoms with E-state index >= 15 is 0 Å². The van der Waals surface area contributed by atoms with E-state index in [0.717, 1.165) is 16.7 Å². The van der Waals surface area contributed by atoms with Gasteiger partial charge in [0.05, 0.1) is 6.54 Å². The molecule has 0 aliphatic carbocycles. The molecule has 2 N–H and O–H groups in total. The van der Waals surface area contributed by atoms with E-state index in [4.69, 9.17) is 11.6 Å². The quantitative estimate of drug-likeness (QED) is 0.706. The van der Waals surface area contributed by atoms with E-state index in [9.17, 15) is 14.4 Å². The first-order valence-electron chi connectivity index (χ1n) is 8.70. The molecule has 0 aliphatic rings. The van der Waals surface area contributed by atoms with Crippen molar-refractivity contribution in [3.63, 3.8) is 0 Å². The van der Waals surface area contributed by atoms with Gasteiger partial charge < -0.3 is 10.6 Å². The number of nitrogens with one attached hydrogen (secondary N) is 2. The first-order chi connectivity index (χ1) is 12.8. The van der Waals surface area contributed by atoms with Crippen LogP contribution in [0.2, 0.25) is 5.02 Å². The van der Waals surface area contributed by atoms with Crippen LogP contribution < -0.4 is 10.6 Å². The number of hydrogen-bond acceptors (Lipinski definition) is 3. The second kappa shape index (κ2) is 9.33. The summed E-state index contributed by atoms with van der Waals surface area (Å²) in [6.45, 7) is 5.43. The Morgan fingerprint density at radius 2 is 1.70 bits per heavy atom. The third-order valence-electron chi connectivity index (χ3n) is 4.26. The highest BCUT2D eigenvalue weighted by Crippen LogP contribution is 2.22. The molecule has 0 aliphatic heterocycles. The summed E-state index contributed by atoms with van der Waals surface area (Å²) in [5.74, 6) is -0.772. The van der Waals surface area contributed by atoms with Gasteiger partial charge in [-0.2, -0.15) is 0 Å². The Morgan fingerprint density at radius 3 is 2.44 bits per heavy atom. The number of benzene rings is 2. The number of carbonyl (C=O) groups is 3. The zero-order chi connectivity index (χ0) is 20.0. The van der Waals surface area contributed by atoms with E-state index < -0.39 is 0 Å². The van der Waals surface area contributed by atoms with Crippen molar-refractivity contribution >= 4 is 34.9 Å². The molecule has 0 unspecified atom stereocenters. The van der Waals surface area contributed by atoms with Crippen molar-refractivity contribution in [3.8, 4) is 0 Å². The zero-order valence-corrected chi connectivity index (χ0v) is 16.4. The van der Waals surface area contributed by atoms with E-state index in [1.165, 1.54) is 0 Å². The highest BCUT2D eigenvalue weighted by atomic mass is 35.5. The molecule has 0 atom stereocenters. The van der Waals surface area contributed by atoms with Gasteiger partial charge in [0.1, 0.15) is 0 Å². The van der Waals surface area contributed by atoms with Gasteiger partial charge in [-0.05, 0) is 50.1 Å². The molecule has 0 saturated heterocycles.